The maximum atomic E-state index is 12.1. The summed E-state index contributed by atoms with van der Waals surface area (Å²) in [6, 6.07) is 8.36. The van der Waals surface area contributed by atoms with E-state index in [9.17, 15) is 4.79 Å². The fraction of sp³-hybridized carbons (Fsp3) is 0.476. The van der Waals surface area contributed by atoms with E-state index in [1.54, 1.807) is 0 Å². The molecule has 1 aliphatic rings. The lowest BCUT2D eigenvalue weighted by Crippen LogP contribution is -2.17. The second-order valence-corrected chi connectivity index (χ2v) is 7.27. The molecule has 3 nitrogen and oxygen atoms in total. The number of primary amides is 1. The average Bonchev–Trinajstić information content (AvgIpc) is 2.81. The van der Waals surface area contributed by atoms with Crippen molar-refractivity contribution in [2.24, 2.45) is 11.7 Å². The van der Waals surface area contributed by atoms with Gasteiger partial charge in [-0.1, -0.05) is 49.1 Å². The number of aromatic nitrogens is 1. The zero-order valence-corrected chi connectivity index (χ0v) is 15.1. The van der Waals surface area contributed by atoms with Gasteiger partial charge in [0, 0.05) is 23.5 Å². The Morgan fingerprint density at radius 1 is 1.04 bits per heavy atom. The topological polar surface area (TPSA) is 48.0 Å². The first-order valence-corrected chi connectivity index (χ1v) is 9.05. The number of carbonyl (C=O) groups excluding carboxylic acids is 1. The van der Waals surface area contributed by atoms with Gasteiger partial charge in [0.15, 0.2) is 0 Å². The summed E-state index contributed by atoms with van der Waals surface area (Å²) in [5, 5.41) is 0. The van der Waals surface area contributed by atoms with Gasteiger partial charge in [0.05, 0.1) is 5.56 Å². The van der Waals surface area contributed by atoms with Crippen molar-refractivity contribution in [2.75, 3.05) is 0 Å². The van der Waals surface area contributed by atoms with E-state index in [-0.39, 0.29) is 5.91 Å². The Morgan fingerprint density at radius 3 is 2.25 bits per heavy atom. The molecule has 0 bridgehead atoms. The molecule has 0 unspecified atom stereocenters. The third-order valence-corrected chi connectivity index (χ3v) is 5.54. The molecule has 2 aromatic rings. The minimum atomic E-state index is -0.325. The standard InChI is InChI=1S/C21H28N2O/c1-14-9-11-18(12-10-14)19-15(2)23(16(3)20(19)21(22)24)13-17-7-5-4-6-8-17/h9-12,17H,4-8,13H2,1-3H3,(H2,22,24). The number of aryl methyl sites for hydroxylation is 1. The number of benzene rings is 1. The summed E-state index contributed by atoms with van der Waals surface area (Å²) in [6.45, 7) is 7.24. The summed E-state index contributed by atoms with van der Waals surface area (Å²) < 4.78 is 2.32. The molecule has 3 rings (SSSR count). The third kappa shape index (κ3) is 3.12. The van der Waals surface area contributed by atoms with Gasteiger partial charge in [-0.05, 0) is 45.1 Å². The molecule has 1 fully saturated rings. The van der Waals surface area contributed by atoms with Crippen LogP contribution in [0.25, 0.3) is 11.1 Å². The van der Waals surface area contributed by atoms with Gasteiger partial charge in [-0.25, -0.2) is 0 Å². The largest absolute Gasteiger partial charge is 0.366 e. The Morgan fingerprint density at radius 2 is 1.67 bits per heavy atom. The smallest absolute Gasteiger partial charge is 0.251 e. The van der Waals surface area contributed by atoms with Crippen LogP contribution in [0.3, 0.4) is 0 Å². The molecule has 1 aromatic heterocycles. The second-order valence-electron chi connectivity index (χ2n) is 7.27. The van der Waals surface area contributed by atoms with Gasteiger partial charge >= 0.3 is 0 Å². The van der Waals surface area contributed by atoms with Gasteiger partial charge in [-0.2, -0.15) is 0 Å². The van der Waals surface area contributed by atoms with Crippen LogP contribution in [-0.2, 0) is 6.54 Å². The highest BCUT2D eigenvalue weighted by atomic mass is 16.1. The van der Waals surface area contributed by atoms with Crippen LogP contribution in [0.2, 0.25) is 0 Å². The van der Waals surface area contributed by atoms with Gasteiger partial charge in [0.25, 0.3) is 5.91 Å². The number of nitrogens with two attached hydrogens (primary N) is 1. The van der Waals surface area contributed by atoms with Gasteiger partial charge < -0.3 is 10.3 Å². The van der Waals surface area contributed by atoms with E-state index < -0.39 is 0 Å². The van der Waals surface area contributed by atoms with Crippen molar-refractivity contribution < 1.29 is 4.79 Å². The predicted molar refractivity (Wildman–Crippen MR) is 99.2 cm³/mol. The van der Waals surface area contributed by atoms with Crippen LogP contribution in [0.5, 0.6) is 0 Å². The minimum absolute atomic E-state index is 0.325. The molecular weight excluding hydrogens is 296 g/mol. The van der Waals surface area contributed by atoms with E-state index in [4.69, 9.17) is 5.73 Å². The minimum Gasteiger partial charge on any atom is -0.366 e. The van der Waals surface area contributed by atoms with Gasteiger partial charge in [-0.3, -0.25) is 4.79 Å². The Balaban J connectivity index is 2.05. The summed E-state index contributed by atoms with van der Waals surface area (Å²) >= 11 is 0. The predicted octanol–water partition coefficient (Wildman–Crippen LogP) is 4.76. The number of carbonyl (C=O) groups is 1. The van der Waals surface area contributed by atoms with Crippen molar-refractivity contribution in [1.29, 1.82) is 0 Å². The molecule has 1 aromatic carbocycles. The van der Waals surface area contributed by atoms with E-state index in [2.05, 4.69) is 42.7 Å². The van der Waals surface area contributed by atoms with Gasteiger partial charge in [-0.15, -0.1) is 0 Å². The van der Waals surface area contributed by atoms with Crippen molar-refractivity contribution >= 4 is 5.91 Å². The fourth-order valence-corrected chi connectivity index (χ4v) is 4.16. The summed E-state index contributed by atoms with van der Waals surface area (Å²) in [4.78, 5) is 12.1. The van der Waals surface area contributed by atoms with Crippen molar-refractivity contribution in [3.63, 3.8) is 0 Å². The Kier molecular flexibility index (Phi) is 4.79. The second kappa shape index (κ2) is 6.84. The lowest BCUT2D eigenvalue weighted by molar-refractivity contribution is 0.1000. The van der Waals surface area contributed by atoms with Gasteiger partial charge in [0.1, 0.15) is 0 Å². The molecule has 3 heteroatoms. The SMILES string of the molecule is Cc1ccc(-c2c(C(N)=O)c(C)n(CC3CCCCC3)c2C)cc1. The molecule has 0 atom stereocenters. The van der Waals surface area contributed by atoms with Crippen LogP contribution >= 0.6 is 0 Å². The molecular formula is C21H28N2O. The van der Waals surface area contributed by atoms with Crippen molar-refractivity contribution in [3.05, 3.63) is 46.8 Å². The Labute approximate surface area is 144 Å². The summed E-state index contributed by atoms with van der Waals surface area (Å²) in [5.41, 5.74) is 11.9. The molecule has 1 heterocycles. The van der Waals surface area contributed by atoms with Crippen LogP contribution < -0.4 is 5.73 Å². The Hall–Kier alpha value is -2.03. The van der Waals surface area contributed by atoms with E-state index in [0.29, 0.717) is 5.56 Å². The highest BCUT2D eigenvalue weighted by Crippen LogP contribution is 2.34. The van der Waals surface area contributed by atoms with Crippen molar-refractivity contribution in [2.45, 2.75) is 59.4 Å². The molecule has 128 valence electrons. The maximum Gasteiger partial charge on any atom is 0.251 e. The van der Waals surface area contributed by atoms with E-state index in [0.717, 1.165) is 35.0 Å². The highest BCUT2D eigenvalue weighted by Gasteiger charge is 2.24. The summed E-state index contributed by atoms with van der Waals surface area (Å²) in [5.74, 6) is 0.392. The zero-order chi connectivity index (χ0) is 17.3. The first-order valence-electron chi connectivity index (χ1n) is 9.05. The van der Waals surface area contributed by atoms with E-state index >= 15 is 0 Å². The van der Waals surface area contributed by atoms with E-state index in [1.807, 2.05) is 6.92 Å². The lowest BCUT2D eigenvalue weighted by Gasteiger charge is -2.23. The van der Waals surface area contributed by atoms with Crippen molar-refractivity contribution in [3.8, 4) is 11.1 Å². The molecule has 0 saturated heterocycles. The molecule has 1 amide bonds. The highest BCUT2D eigenvalue weighted by molar-refractivity contribution is 6.02. The average molecular weight is 324 g/mol. The molecule has 1 aliphatic carbocycles. The van der Waals surface area contributed by atoms with Crippen LogP contribution in [0.1, 0.15) is 59.4 Å². The number of nitrogens with zero attached hydrogens (tertiary/aromatic N) is 1. The van der Waals surface area contributed by atoms with Crippen LogP contribution in [0.15, 0.2) is 24.3 Å². The molecule has 24 heavy (non-hydrogen) atoms. The number of hydrogen-bond donors (Lipinski definition) is 1. The maximum absolute atomic E-state index is 12.1. The first-order chi connectivity index (χ1) is 11.5. The monoisotopic (exact) mass is 324 g/mol. The first kappa shape index (κ1) is 16.8. The normalized spacial score (nSPS) is 15.6. The van der Waals surface area contributed by atoms with Gasteiger partial charge in [0.2, 0.25) is 0 Å². The quantitative estimate of drug-likeness (QED) is 0.866. The number of rotatable bonds is 4. The van der Waals surface area contributed by atoms with Crippen LogP contribution in [-0.4, -0.2) is 10.5 Å². The van der Waals surface area contributed by atoms with E-state index in [1.165, 1.54) is 37.7 Å². The summed E-state index contributed by atoms with van der Waals surface area (Å²) in [7, 11) is 0. The number of hydrogen-bond acceptors (Lipinski definition) is 1. The lowest BCUT2D eigenvalue weighted by atomic mass is 9.89. The third-order valence-electron chi connectivity index (χ3n) is 5.54. The Bertz CT molecular complexity index is 734. The molecule has 2 N–H and O–H groups in total. The number of amides is 1. The molecule has 0 spiro atoms. The van der Waals surface area contributed by atoms with Crippen LogP contribution in [0, 0.1) is 26.7 Å². The summed E-state index contributed by atoms with van der Waals surface area (Å²) in [6.07, 6.45) is 6.61. The molecule has 0 aliphatic heterocycles. The fourth-order valence-electron chi connectivity index (χ4n) is 4.16. The zero-order valence-electron chi connectivity index (χ0n) is 15.1. The molecule has 0 radical (unpaired) electrons. The van der Waals surface area contributed by atoms with Crippen molar-refractivity contribution in [1.82, 2.24) is 4.57 Å². The van der Waals surface area contributed by atoms with Crippen LogP contribution in [0.4, 0.5) is 0 Å². The molecule has 1 saturated carbocycles.